The average Bonchev–Trinajstić information content (AvgIpc) is 2.66. The average molecular weight is 272 g/mol. The molecule has 0 aliphatic carbocycles. The summed E-state index contributed by atoms with van der Waals surface area (Å²) in [6, 6.07) is 6.85. The molecule has 2 aromatic rings. The summed E-state index contributed by atoms with van der Waals surface area (Å²) >= 11 is 0. The molecule has 0 aliphatic heterocycles. The van der Waals surface area contributed by atoms with E-state index >= 15 is 0 Å². The molecule has 2 N–H and O–H groups in total. The normalized spacial score (nSPS) is 14.2. The highest BCUT2D eigenvalue weighted by atomic mass is 14.9. The lowest BCUT2D eigenvalue weighted by Crippen LogP contribution is -2.17. The zero-order valence-electron chi connectivity index (χ0n) is 13.7. The van der Waals surface area contributed by atoms with Crippen LogP contribution in [0.25, 0.3) is 10.9 Å². The number of aryl methyl sites for hydroxylation is 1. The minimum Gasteiger partial charge on any atom is -0.350 e. The van der Waals surface area contributed by atoms with Crippen molar-refractivity contribution >= 4 is 10.9 Å². The van der Waals surface area contributed by atoms with Crippen molar-refractivity contribution in [1.29, 1.82) is 0 Å². The van der Waals surface area contributed by atoms with Crippen molar-refractivity contribution in [2.24, 2.45) is 18.7 Å². The first-order valence-corrected chi connectivity index (χ1v) is 7.55. The number of nitrogens with two attached hydrogens (primary N) is 1. The van der Waals surface area contributed by atoms with Gasteiger partial charge in [0, 0.05) is 30.1 Å². The summed E-state index contributed by atoms with van der Waals surface area (Å²) in [6.07, 6.45) is 2.26. The summed E-state index contributed by atoms with van der Waals surface area (Å²) in [6.45, 7) is 12.0. The number of benzene rings is 1. The van der Waals surface area contributed by atoms with Gasteiger partial charge in [0.1, 0.15) is 0 Å². The summed E-state index contributed by atoms with van der Waals surface area (Å²) in [4.78, 5) is 0. The zero-order valence-corrected chi connectivity index (χ0v) is 13.7. The smallest absolute Gasteiger partial charge is 0.0480 e. The molecule has 1 unspecified atom stereocenters. The van der Waals surface area contributed by atoms with Crippen LogP contribution >= 0.6 is 0 Å². The molecule has 2 rings (SSSR count). The van der Waals surface area contributed by atoms with Crippen molar-refractivity contribution in [2.75, 3.05) is 6.54 Å². The van der Waals surface area contributed by atoms with Crippen LogP contribution in [0.3, 0.4) is 0 Å². The van der Waals surface area contributed by atoms with Gasteiger partial charge in [-0.25, -0.2) is 0 Å². The first kappa shape index (κ1) is 15.1. The highest BCUT2D eigenvalue weighted by Crippen LogP contribution is 2.34. The van der Waals surface area contributed by atoms with Gasteiger partial charge in [0.15, 0.2) is 0 Å². The van der Waals surface area contributed by atoms with Gasteiger partial charge in [-0.1, -0.05) is 40.7 Å². The predicted octanol–water partition coefficient (Wildman–Crippen LogP) is 4.17. The zero-order chi connectivity index (χ0) is 15.1. The SMILES string of the molecule is CC(C)C(CN)c1cn(C)c2ccc(C(C)(C)C)cc12. The van der Waals surface area contributed by atoms with Gasteiger partial charge in [0.2, 0.25) is 0 Å². The highest BCUT2D eigenvalue weighted by molar-refractivity contribution is 5.85. The van der Waals surface area contributed by atoms with Crippen molar-refractivity contribution in [3.8, 4) is 0 Å². The van der Waals surface area contributed by atoms with Gasteiger partial charge in [-0.15, -0.1) is 0 Å². The Labute approximate surface area is 123 Å². The Morgan fingerprint density at radius 3 is 2.35 bits per heavy atom. The summed E-state index contributed by atoms with van der Waals surface area (Å²) < 4.78 is 2.22. The third kappa shape index (κ3) is 2.62. The van der Waals surface area contributed by atoms with E-state index in [0.29, 0.717) is 18.4 Å². The van der Waals surface area contributed by atoms with E-state index in [-0.39, 0.29) is 5.41 Å². The molecule has 110 valence electrons. The van der Waals surface area contributed by atoms with Gasteiger partial charge in [-0.05, 0) is 41.1 Å². The number of hydrogen-bond donors (Lipinski definition) is 1. The van der Waals surface area contributed by atoms with Gasteiger partial charge in [0.25, 0.3) is 0 Å². The second-order valence-corrected chi connectivity index (χ2v) is 7.26. The summed E-state index contributed by atoms with van der Waals surface area (Å²) in [5.41, 5.74) is 10.3. The number of nitrogens with zero attached hydrogens (tertiary/aromatic N) is 1. The van der Waals surface area contributed by atoms with Crippen LogP contribution < -0.4 is 5.73 Å². The Bertz CT molecular complexity index is 600. The van der Waals surface area contributed by atoms with Gasteiger partial charge >= 0.3 is 0 Å². The standard InChI is InChI=1S/C18H28N2/c1-12(2)15(10-19)16-11-20(6)17-8-7-13(9-14(16)17)18(3,4)5/h7-9,11-12,15H,10,19H2,1-6H3. The van der Waals surface area contributed by atoms with E-state index < -0.39 is 0 Å². The maximum atomic E-state index is 6.02. The number of fused-ring (bicyclic) bond motifs is 1. The molecule has 0 saturated heterocycles. The van der Waals surface area contributed by atoms with Crippen molar-refractivity contribution in [2.45, 2.75) is 46.0 Å². The molecule has 0 spiro atoms. The second-order valence-electron chi connectivity index (χ2n) is 7.26. The molecule has 2 nitrogen and oxygen atoms in total. The Kier molecular flexibility index (Phi) is 3.97. The molecule has 1 atom stereocenters. The van der Waals surface area contributed by atoms with E-state index in [0.717, 1.165) is 0 Å². The van der Waals surface area contributed by atoms with Crippen molar-refractivity contribution in [1.82, 2.24) is 4.57 Å². The van der Waals surface area contributed by atoms with Crippen LogP contribution in [0, 0.1) is 5.92 Å². The third-order valence-electron chi connectivity index (χ3n) is 4.34. The van der Waals surface area contributed by atoms with Gasteiger partial charge in [-0.2, -0.15) is 0 Å². The van der Waals surface area contributed by atoms with Gasteiger partial charge in [-0.3, -0.25) is 0 Å². The predicted molar refractivity (Wildman–Crippen MR) is 88.3 cm³/mol. The Morgan fingerprint density at radius 2 is 1.85 bits per heavy atom. The van der Waals surface area contributed by atoms with Crippen LogP contribution in [0.5, 0.6) is 0 Å². The van der Waals surface area contributed by atoms with E-state index in [1.165, 1.54) is 22.0 Å². The Hall–Kier alpha value is -1.28. The molecule has 0 saturated carbocycles. The fourth-order valence-electron chi connectivity index (χ4n) is 2.94. The molecule has 0 bridgehead atoms. The highest BCUT2D eigenvalue weighted by Gasteiger charge is 2.21. The maximum Gasteiger partial charge on any atom is 0.0480 e. The quantitative estimate of drug-likeness (QED) is 0.893. The van der Waals surface area contributed by atoms with Crippen LogP contribution in [0.15, 0.2) is 24.4 Å². The fraction of sp³-hybridized carbons (Fsp3) is 0.556. The summed E-state index contributed by atoms with van der Waals surface area (Å²) in [5.74, 6) is 0.984. The lowest BCUT2D eigenvalue weighted by molar-refractivity contribution is 0.508. The second kappa shape index (κ2) is 5.25. The van der Waals surface area contributed by atoms with Crippen LogP contribution in [0.4, 0.5) is 0 Å². The van der Waals surface area contributed by atoms with E-state index in [1.54, 1.807) is 0 Å². The summed E-state index contributed by atoms with van der Waals surface area (Å²) in [5, 5.41) is 1.36. The molecule has 1 heterocycles. The number of hydrogen-bond acceptors (Lipinski definition) is 1. The molecule has 1 aromatic heterocycles. The lowest BCUT2D eigenvalue weighted by Gasteiger charge is -2.21. The number of rotatable bonds is 3. The van der Waals surface area contributed by atoms with Gasteiger partial charge < -0.3 is 10.3 Å². The Morgan fingerprint density at radius 1 is 1.20 bits per heavy atom. The molecule has 20 heavy (non-hydrogen) atoms. The van der Waals surface area contributed by atoms with E-state index in [2.05, 4.69) is 70.6 Å². The molecule has 0 amide bonds. The van der Waals surface area contributed by atoms with E-state index in [4.69, 9.17) is 5.73 Å². The first-order chi connectivity index (χ1) is 9.25. The van der Waals surface area contributed by atoms with E-state index in [1.807, 2.05) is 0 Å². The van der Waals surface area contributed by atoms with Crippen LogP contribution in [-0.4, -0.2) is 11.1 Å². The minimum atomic E-state index is 0.178. The van der Waals surface area contributed by atoms with Crippen molar-refractivity contribution in [3.05, 3.63) is 35.5 Å². The monoisotopic (exact) mass is 272 g/mol. The van der Waals surface area contributed by atoms with Gasteiger partial charge in [0.05, 0.1) is 0 Å². The van der Waals surface area contributed by atoms with Crippen LogP contribution in [0.1, 0.15) is 51.7 Å². The third-order valence-corrected chi connectivity index (χ3v) is 4.34. The molecule has 0 fully saturated rings. The first-order valence-electron chi connectivity index (χ1n) is 7.55. The van der Waals surface area contributed by atoms with Crippen LogP contribution in [-0.2, 0) is 12.5 Å². The lowest BCUT2D eigenvalue weighted by atomic mass is 9.84. The van der Waals surface area contributed by atoms with Crippen LogP contribution in [0.2, 0.25) is 0 Å². The number of aromatic nitrogens is 1. The summed E-state index contributed by atoms with van der Waals surface area (Å²) in [7, 11) is 2.12. The molecule has 0 aliphatic rings. The molecule has 0 radical (unpaired) electrons. The largest absolute Gasteiger partial charge is 0.350 e. The molecular weight excluding hydrogens is 244 g/mol. The van der Waals surface area contributed by atoms with Crippen molar-refractivity contribution in [3.63, 3.8) is 0 Å². The molecule has 2 heteroatoms. The molecule has 1 aromatic carbocycles. The minimum absolute atomic E-state index is 0.178. The maximum absolute atomic E-state index is 6.02. The topological polar surface area (TPSA) is 30.9 Å². The van der Waals surface area contributed by atoms with Crippen molar-refractivity contribution < 1.29 is 0 Å². The molecular formula is C18H28N2. The van der Waals surface area contributed by atoms with E-state index in [9.17, 15) is 0 Å². The fourth-order valence-corrected chi connectivity index (χ4v) is 2.94. The Balaban J connectivity index is 2.66.